The van der Waals surface area contributed by atoms with Crippen molar-refractivity contribution in [2.24, 2.45) is 0 Å². The number of hydrogen-bond donors (Lipinski definition) is 1. The average molecular weight is 300 g/mol. The molecule has 0 saturated carbocycles. The minimum Gasteiger partial charge on any atom is -0.448 e. The molecule has 0 saturated heterocycles. The van der Waals surface area contributed by atoms with E-state index in [1.165, 1.54) is 18.3 Å². The number of carbonyl (C=O) groups is 2. The van der Waals surface area contributed by atoms with Gasteiger partial charge in [0.15, 0.2) is 6.10 Å². The van der Waals surface area contributed by atoms with Gasteiger partial charge in [-0.05, 0) is 42.6 Å². The van der Waals surface area contributed by atoms with Crippen molar-refractivity contribution >= 4 is 28.9 Å². The van der Waals surface area contributed by atoms with E-state index >= 15 is 0 Å². The molecule has 1 aromatic heterocycles. The smallest absolute Gasteiger partial charge is 0.349 e. The zero-order chi connectivity index (χ0) is 15.2. The molecular formula is C15H12N2O3S. The van der Waals surface area contributed by atoms with E-state index in [9.17, 15) is 9.59 Å². The van der Waals surface area contributed by atoms with Crippen molar-refractivity contribution in [3.8, 4) is 6.07 Å². The quantitative estimate of drug-likeness (QED) is 0.881. The third kappa shape index (κ3) is 3.91. The van der Waals surface area contributed by atoms with Crippen molar-refractivity contribution < 1.29 is 14.3 Å². The molecule has 0 bridgehead atoms. The Balaban J connectivity index is 1.93. The number of anilines is 1. The summed E-state index contributed by atoms with van der Waals surface area (Å²) in [5.41, 5.74) is 1.04. The molecule has 0 aliphatic rings. The molecule has 0 unspecified atom stereocenters. The van der Waals surface area contributed by atoms with Crippen LogP contribution in [0.25, 0.3) is 0 Å². The highest BCUT2D eigenvalue weighted by Gasteiger charge is 2.19. The number of carbonyl (C=O) groups excluding carboxylic acids is 2. The van der Waals surface area contributed by atoms with Crippen molar-refractivity contribution in [3.63, 3.8) is 0 Å². The molecule has 0 aliphatic carbocycles. The van der Waals surface area contributed by atoms with Crippen LogP contribution in [0.3, 0.4) is 0 Å². The third-order valence-electron chi connectivity index (χ3n) is 2.66. The molecule has 0 spiro atoms. The predicted molar refractivity (Wildman–Crippen MR) is 79.0 cm³/mol. The Kier molecular flexibility index (Phi) is 4.69. The zero-order valence-corrected chi connectivity index (χ0v) is 12.0. The van der Waals surface area contributed by atoms with E-state index in [0.29, 0.717) is 16.1 Å². The summed E-state index contributed by atoms with van der Waals surface area (Å²) in [4.78, 5) is 24.1. The number of ether oxygens (including phenoxy) is 1. The highest BCUT2D eigenvalue weighted by atomic mass is 32.1. The third-order valence-corrected chi connectivity index (χ3v) is 3.51. The summed E-state index contributed by atoms with van der Waals surface area (Å²) in [5.74, 6) is -0.947. The summed E-state index contributed by atoms with van der Waals surface area (Å²) in [6, 6.07) is 11.8. The fourth-order valence-corrected chi connectivity index (χ4v) is 2.14. The Labute approximate surface area is 125 Å². The number of amides is 1. The van der Waals surface area contributed by atoms with Crippen LogP contribution in [-0.2, 0) is 9.53 Å². The average Bonchev–Trinajstić information content (AvgIpc) is 3.02. The van der Waals surface area contributed by atoms with Crippen molar-refractivity contribution in [1.82, 2.24) is 0 Å². The molecule has 21 heavy (non-hydrogen) atoms. The van der Waals surface area contributed by atoms with Gasteiger partial charge in [-0.15, -0.1) is 11.3 Å². The van der Waals surface area contributed by atoms with E-state index in [-0.39, 0.29) is 0 Å². The number of hydrogen-bond acceptors (Lipinski definition) is 5. The zero-order valence-electron chi connectivity index (χ0n) is 11.2. The highest BCUT2D eigenvalue weighted by Crippen LogP contribution is 2.13. The topological polar surface area (TPSA) is 79.2 Å². The summed E-state index contributed by atoms with van der Waals surface area (Å²) in [6.45, 7) is 1.50. The number of esters is 1. The van der Waals surface area contributed by atoms with Gasteiger partial charge in [0.25, 0.3) is 5.91 Å². The van der Waals surface area contributed by atoms with Crippen LogP contribution in [0.4, 0.5) is 5.69 Å². The van der Waals surface area contributed by atoms with Gasteiger partial charge in [-0.3, -0.25) is 4.79 Å². The molecule has 0 aliphatic heterocycles. The number of thiophene rings is 1. The fraction of sp³-hybridized carbons (Fsp3) is 0.133. The summed E-state index contributed by atoms with van der Waals surface area (Å²) in [6.07, 6.45) is -0.907. The predicted octanol–water partition coefficient (Wildman–Crippen LogP) is 2.80. The Morgan fingerprint density at radius 2 is 2.00 bits per heavy atom. The molecule has 106 valence electrons. The second kappa shape index (κ2) is 6.68. The Bertz CT molecular complexity index is 672. The molecule has 0 radical (unpaired) electrons. The van der Waals surface area contributed by atoms with Gasteiger partial charge in [-0.25, -0.2) is 4.79 Å². The maximum absolute atomic E-state index is 11.9. The van der Waals surface area contributed by atoms with Crippen molar-refractivity contribution in [3.05, 3.63) is 52.2 Å². The van der Waals surface area contributed by atoms with Gasteiger partial charge in [0.2, 0.25) is 0 Å². The van der Waals surface area contributed by atoms with Gasteiger partial charge in [-0.1, -0.05) is 6.07 Å². The van der Waals surface area contributed by atoms with Crippen LogP contribution in [0.2, 0.25) is 0 Å². The number of benzene rings is 1. The second-order valence-corrected chi connectivity index (χ2v) is 5.15. The Morgan fingerprint density at radius 1 is 1.29 bits per heavy atom. The summed E-state index contributed by atoms with van der Waals surface area (Å²) in [7, 11) is 0. The van der Waals surface area contributed by atoms with Crippen LogP contribution in [0.15, 0.2) is 41.8 Å². The number of nitrogens with one attached hydrogen (secondary N) is 1. The van der Waals surface area contributed by atoms with Gasteiger partial charge in [0, 0.05) is 5.69 Å². The molecule has 5 nitrogen and oxygen atoms in total. The lowest BCUT2D eigenvalue weighted by atomic mass is 10.2. The molecule has 2 aromatic rings. The standard InChI is InChI=1S/C15H12N2O3S/c1-10(20-15(19)13-3-2-8-21-13)14(18)17-12-6-4-11(9-16)5-7-12/h2-8,10H,1H3,(H,17,18)/t10-/m1/s1. The van der Waals surface area contributed by atoms with Crippen LogP contribution < -0.4 is 5.32 Å². The van der Waals surface area contributed by atoms with Gasteiger partial charge in [0.1, 0.15) is 4.88 Å². The van der Waals surface area contributed by atoms with E-state index < -0.39 is 18.0 Å². The lowest BCUT2D eigenvalue weighted by molar-refractivity contribution is -0.123. The molecule has 0 fully saturated rings. The summed E-state index contributed by atoms with van der Waals surface area (Å²) in [5, 5.41) is 13.1. The van der Waals surface area contributed by atoms with Gasteiger partial charge in [-0.2, -0.15) is 5.26 Å². The lowest BCUT2D eigenvalue weighted by Crippen LogP contribution is -2.29. The van der Waals surface area contributed by atoms with Crippen LogP contribution in [0.5, 0.6) is 0 Å². The summed E-state index contributed by atoms with van der Waals surface area (Å²) < 4.78 is 5.08. The fourth-order valence-electron chi connectivity index (χ4n) is 1.54. The van der Waals surface area contributed by atoms with Gasteiger partial charge in [0.05, 0.1) is 11.6 Å². The van der Waals surface area contributed by atoms with E-state index in [4.69, 9.17) is 10.00 Å². The van der Waals surface area contributed by atoms with Crippen molar-refractivity contribution in [2.45, 2.75) is 13.0 Å². The molecule has 1 aromatic carbocycles. The van der Waals surface area contributed by atoms with E-state index in [1.807, 2.05) is 6.07 Å². The first-order valence-corrected chi connectivity index (χ1v) is 7.03. The first kappa shape index (κ1) is 14.8. The maximum atomic E-state index is 11.9. The SMILES string of the molecule is C[C@@H](OC(=O)c1cccs1)C(=O)Nc1ccc(C#N)cc1. The van der Waals surface area contributed by atoms with Crippen LogP contribution in [0.1, 0.15) is 22.2 Å². The van der Waals surface area contributed by atoms with Crippen molar-refractivity contribution in [1.29, 1.82) is 5.26 Å². The largest absolute Gasteiger partial charge is 0.448 e. The molecule has 1 atom stereocenters. The maximum Gasteiger partial charge on any atom is 0.349 e. The second-order valence-electron chi connectivity index (χ2n) is 4.20. The first-order chi connectivity index (χ1) is 10.1. The summed E-state index contributed by atoms with van der Waals surface area (Å²) >= 11 is 1.26. The Morgan fingerprint density at radius 3 is 2.57 bits per heavy atom. The number of nitriles is 1. The van der Waals surface area contributed by atoms with Crippen LogP contribution in [-0.4, -0.2) is 18.0 Å². The van der Waals surface area contributed by atoms with E-state index in [2.05, 4.69) is 5.32 Å². The monoisotopic (exact) mass is 300 g/mol. The molecule has 2 rings (SSSR count). The first-order valence-electron chi connectivity index (χ1n) is 6.15. The van der Waals surface area contributed by atoms with Crippen LogP contribution in [0, 0.1) is 11.3 Å². The highest BCUT2D eigenvalue weighted by molar-refractivity contribution is 7.11. The normalized spacial score (nSPS) is 11.2. The minimum atomic E-state index is -0.907. The van der Waals surface area contributed by atoms with Gasteiger partial charge >= 0.3 is 5.97 Å². The Hall–Kier alpha value is -2.65. The molecular weight excluding hydrogens is 288 g/mol. The number of rotatable bonds is 4. The molecule has 1 amide bonds. The lowest BCUT2D eigenvalue weighted by Gasteiger charge is -2.12. The minimum absolute atomic E-state index is 0.426. The van der Waals surface area contributed by atoms with Gasteiger partial charge < -0.3 is 10.1 Å². The molecule has 6 heteroatoms. The van der Waals surface area contributed by atoms with E-state index in [0.717, 1.165) is 0 Å². The molecule has 1 heterocycles. The van der Waals surface area contributed by atoms with Crippen LogP contribution >= 0.6 is 11.3 Å². The van der Waals surface area contributed by atoms with Crippen molar-refractivity contribution in [2.75, 3.05) is 5.32 Å². The van der Waals surface area contributed by atoms with E-state index in [1.54, 1.807) is 41.8 Å². The number of nitrogens with zero attached hydrogens (tertiary/aromatic N) is 1. The molecule has 1 N–H and O–H groups in total.